The van der Waals surface area contributed by atoms with E-state index in [4.69, 9.17) is 9.73 Å². The molecule has 1 aliphatic rings. The minimum atomic E-state index is -0.684. The number of ether oxygens (including phenoxy) is 1. The molecular weight excluding hydrogens is 539 g/mol. The number of thioether (sulfide) groups is 1. The van der Waals surface area contributed by atoms with Gasteiger partial charge in [0.1, 0.15) is 0 Å². The van der Waals surface area contributed by atoms with Crippen LogP contribution in [0.15, 0.2) is 105 Å². The number of aryl methyl sites for hydroxylation is 1. The molecule has 0 spiro atoms. The molecule has 5 aromatic rings. The van der Waals surface area contributed by atoms with E-state index < -0.39 is 12.0 Å². The van der Waals surface area contributed by atoms with Crippen molar-refractivity contribution in [1.82, 2.24) is 9.13 Å². The Balaban J connectivity index is 1.65. The maximum Gasteiger partial charge on any atom is 0.338 e. The summed E-state index contributed by atoms with van der Waals surface area (Å²) in [4.78, 5) is 34.3. The van der Waals surface area contributed by atoms with Gasteiger partial charge in [-0.2, -0.15) is 0 Å². The van der Waals surface area contributed by atoms with E-state index in [1.807, 2.05) is 92.3 Å². The lowest BCUT2D eigenvalue weighted by Crippen LogP contribution is -2.40. The van der Waals surface area contributed by atoms with Crippen LogP contribution in [0.1, 0.15) is 29.7 Å². The van der Waals surface area contributed by atoms with Crippen molar-refractivity contribution in [1.29, 1.82) is 0 Å². The molecule has 200 valence electrons. The zero-order chi connectivity index (χ0) is 27.8. The van der Waals surface area contributed by atoms with E-state index >= 15 is 0 Å². The molecule has 0 amide bonds. The van der Waals surface area contributed by atoms with Crippen molar-refractivity contribution >= 4 is 51.7 Å². The summed E-state index contributed by atoms with van der Waals surface area (Å²) in [5.41, 5.74) is 4.35. The number of aromatic nitrogens is 2. The predicted molar refractivity (Wildman–Crippen MR) is 162 cm³/mol. The molecule has 1 aliphatic heterocycles. The van der Waals surface area contributed by atoms with Gasteiger partial charge >= 0.3 is 5.97 Å². The van der Waals surface area contributed by atoms with Crippen LogP contribution in [0.4, 0.5) is 0 Å². The zero-order valence-electron chi connectivity index (χ0n) is 22.3. The van der Waals surface area contributed by atoms with Gasteiger partial charge in [-0.25, -0.2) is 9.79 Å². The van der Waals surface area contributed by atoms with Gasteiger partial charge in [-0.1, -0.05) is 72.0 Å². The number of rotatable bonds is 6. The Kier molecular flexibility index (Phi) is 7.04. The predicted octanol–water partition coefficient (Wildman–Crippen LogP) is 5.15. The van der Waals surface area contributed by atoms with Crippen molar-refractivity contribution in [2.24, 2.45) is 12.0 Å². The van der Waals surface area contributed by atoms with Crippen LogP contribution in [-0.2, 0) is 16.6 Å². The summed E-state index contributed by atoms with van der Waals surface area (Å²) in [6, 6.07) is 25.0. The molecule has 1 unspecified atom stereocenters. The number of thiazole rings is 1. The minimum Gasteiger partial charge on any atom is -0.463 e. The highest BCUT2D eigenvalue weighted by Crippen LogP contribution is 2.35. The minimum absolute atomic E-state index is 0.190. The van der Waals surface area contributed by atoms with Crippen LogP contribution >= 0.6 is 23.1 Å². The molecule has 0 aliphatic carbocycles. The van der Waals surface area contributed by atoms with Gasteiger partial charge in [0.05, 0.1) is 28.5 Å². The lowest BCUT2D eigenvalue weighted by Gasteiger charge is -2.26. The monoisotopic (exact) mass is 565 g/mol. The van der Waals surface area contributed by atoms with Crippen molar-refractivity contribution in [3.63, 3.8) is 0 Å². The van der Waals surface area contributed by atoms with Gasteiger partial charge in [0, 0.05) is 40.2 Å². The highest BCUT2D eigenvalue weighted by atomic mass is 32.2. The number of carbonyl (C=O) groups is 1. The summed E-state index contributed by atoms with van der Waals surface area (Å²) in [6.45, 7) is 2.00. The summed E-state index contributed by atoms with van der Waals surface area (Å²) in [5, 5.41) is 1.07. The lowest BCUT2D eigenvalue weighted by atomic mass is 9.93. The Labute approximate surface area is 239 Å². The van der Waals surface area contributed by atoms with E-state index in [-0.39, 0.29) is 12.2 Å². The summed E-state index contributed by atoms with van der Waals surface area (Å²) >= 11 is 2.97. The van der Waals surface area contributed by atoms with Crippen LogP contribution < -0.4 is 14.9 Å². The van der Waals surface area contributed by atoms with Crippen molar-refractivity contribution in [3.05, 3.63) is 127 Å². The van der Waals surface area contributed by atoms with E-state index in [2.05, 4.69) is 16.7 Å². The number of carbonyl (C=O) groups excluding carboxylic acids is 1. The highest BCUT2D eigenvalue weighted by Gasteiger charge is 2.35. The molecule has 0 bridgehead atoms. The van der Waals surface area contributed by atoms with E-state index in [0.29, 0.717) is 20.6 Å². The number of hydrogen-bond acceptors (Lipinski definition) is 6. The Bertz CT molecular complexity index is 1950. The van der Waals surface area contributed by atoms with Gasteiger partial charge in [-0.15, -0.1) is 11.8 Å². The third-order valence-corrected chi connectivity index (χ3v) is 8.75. The fourth-order valence-electron chi connectivity index (χ4n) is 5.17. The molecule has 0 fully saturated rings. The van der Waals surface area contributed by atoms with Crippen molar-refractivity contribution in [2.45, 2.75) is 17.9 Å². The number of esters is 1. The van der Waals surface area contributed by atoms with Crippen molar-refractivity contribution in [3.8, 4) is 0 Å². The van der Waals surface area contributed by atoms with Gasteiger partial charge in [-0.05, 0) is 43.0 Å². The number of nitrogens with zero attached hydrogens (tertiary/aromatic N) is 3. The average Bonchev–Trinajstić information content (AvgIpc) is 3.48. The highest BCUT2D eigenvalue weighted by molar-refractivity contribution is 7.98. The van der Waals surface area contributed by atoms with Crippen LogP contribution in [0.25, 0.3) is 22.7 Å². The van der Waals surface area contributed by atoms with Crippen LogP contribution in [0.2, 0.25) is 0 Å². The molecule has 8 heteroatoms. The second-order valence-corrected chi connectivity index (χ2v) is 11.3. The zero-order valence-corrected chi connectivity index (χ0v) is 24.0. The Morgan fingerprint density at radius 1 is 1.05 bits per heavy atom. The normalized spacial score (nSPS) is 15.3. The maximum atomic E-state index is 14.1. The molecule has 0 saturated carbocycles. The van der Waals surface area contributed by atoms with Crippen LogP contribution in [0.3, 0.4) is 0 Å². The second kappa shape index (κ2) is 10.8. The lowest BCUT2D eigenvalue weighted by molar-refractivity contribution is -0.138. The summed E-state index contributed by atoms with van der Waals surface area (Å²) < 4.78 is 9.81. The van der Waals surface area contributed by atoms with E-state index in [1.54, 1.807) is 23.3 Å². The smallest absolute Gasteiger partial charge is 0.338 e. The molecule has 0 N–H and O–H groups in total. The van der Waals surface area contributed by atoms with Crippen LogP contribution in [0, 0.1) is 0 Å². The van der Waals surface area contributed by atoms with Gasteiger partial charge in [0.15, 0.2) is 4.80 Å². The van der Waals surface area contributed by atoms with Crippen LogP contribution in [-0.4, -0.2) is 28.0 Å². The second-order valence-electron chi connectivity index (χ2n) is 9.42. The molecule has 6 nitrogen and oxygen atoms in total. The largest absolute Gasteiger partial charge is 0.463 e. The summed E-state index contributed by atoms with van der Waals surface area (Å²) in [6.07, 6.45) is 5.97. The first-order chi connectivity index (χ1) is 19.5. The van der Waals surface area contributed by atoms with Gasteiger partial charge < -0.3 is 9.30 Å². The summed E-state index contributed by atoms with van der Waals surface area (Å²) in [7, 11) is 2.00. The van der Waals surface area contributed by atoms with Crippen molar-refractivity contribution < 1.29 is 9.53 Å². The van der Waals surface area contributed by atoms with Crippen molar-refractivity contribution in [2.75, 3.05) is 12.9 Å². The molecule has 3 aromatic carbocycles. The fraction of sp³-hybridized carbons (Fsp3) is 0.156. The number of fused-ring (bicyclic) bond motifs is 2. The fourth-order valence-corrected chi connectivity index (χ4v) is 6.57. The first-order valence-electron chi connectivity index (χ1n) is 13.0. The van der Waals surface area contributed by atoms with Gasteiger partial charge in [0.2, 0.25) is 0 Å². The van der Waals surface area contributed by atoms with E-state index in [0.717, 1.165) is 32.5 Å². The first-order valence-corrected chi connectivity index (χ1v) is 15.0. The Hall–Kier alpha value is -4.14. The summed E-state index contributed by atoms with van der Waals surface area (Å²) in [5.74, 6) is -0.479. The topological polar surface area (TPSA) is 65.6 Å². The number of hydrogen-bond donors (Lipinski definition) is 0. The molecule has 2 aromatic heterocycles. The van der Waals surface area contributed by atoms with E-state index in [1.165, 1.54) is 11.3 Å². The molecule has 0 saturated heterocycles. The Morgan fingerprint density at radius 3 is 2.50 bits per heavy atom. The average molecular weight is 566 g/mol. The third kappa shape index (κ3) is 4.53. The quantitative estimate of drug-likeness (QED) is 0.211. The first kappa shape index (κ1) is 26.1. The Morgan fingerprint density at radius 2 is 1.77 bits per heavy atom. The molecule has 3 heterocycles. The SMILES string of the molecule is CCOC(=O)C1=C(c2ccccc2)N=c2s/c(=C/c3cn(C)c4ccccc34)c(=O)n2C1c1ccc(SC)cc1. The number of benzene rings is 3. The number of para-hydroxylation sites is 1. The van der Waals surface area contributed by atoms with E-state index in [9.17, 15) is 9.59 Å². The molecule has 6 rings (SSSR count). The van der Waals surface area contributed by atoms with Crippen LogP contribution in [0.5, 0.6) is 0 Å². The molecular formula is C32H27N3O3S2. The van der Waals surface area contributed by atoms with Gasteiger partial charge in [-0.3, -0.25) is 9.36 Å². The maximum absolute atomic E-state index is 14.1. The molecule has 1 atom stereocenters. The van der Waals surface area contributed by atoms with Gasteiger partial charge in [0.25, 0.3) is 5.56 Å². The molecule has 0 radical (unpaired) electrons. The standard InChI is InChI=1S/C32H27N3O3S2/c1-4-38-31(37)27-28(20-10-6-5-7-11-20)33-32-35(29(27)21-14-16-23(39-3)17-15-21)30(36)26(40-32)18-22-19-34(2)25-13-9-8-12-24(22)25/h5-19,29H,4H2,1-3H3/b26-18+. The third-order valence-electron chi connectivity index (χ3n) is 7.02. The molecule has 40 heavy (non-hydrogen) atoms.